The van der Waals surface area contributed by atoms with Gasteiger partial charge in [0, 0.05) is 15.5 Å². The van der Waals surface area contributed by atoms with E-state index in [-0.39, 0.29) is 6.04 Å². The van der Waals surface area contributed by atoms with E-state index in [1.165, 1.54) is 11.3 Å². The lowest BCUT2D eigenvalue weighted by molar-refractivity contribution is -0.137. The monoisotopic (exact) mass is 350 g/mol. The Morgan fingerprint density at radius 3 is 2.63 bits per heavy atom. The van der Waals surface area contributed by atoms with E-state index in [2.05, 4.69) is 26.2 Å². The molecule has 0 spiro atoms. The van der Waals surface area contributed by atoms with Crippen molar-refractivity contribution in [2.45, 2.75) is 19.1 Å². The van der Waals surface area contributed by atoms with E-state index in [9.17, 15) is 13.2 Å². The molecular formula is C12H10BrF3N2S. The molecule has 0 aliphatic rings. The fourth-order valence-corrected chi connectivity index (χ4v) is 2.74. The average molecular weight is 351 g/mol. The van der Waals surface area contributed by atoms with Crippen molar-refractivity contribution in [1.29, 1.82) is 0 Å². The summed E-state index contributed by atoms with van der Waals surface area (Å²) in [6.07, 6.45) is -4.36. The molecule has 102 valence electrons. The molecule has 1 heterocycles. The summed E-state index contributed by atoms with van der Waals surface area (Å²) >= 11 is 4.54. The van der Waals surface area contributed by atoms with Crippen LogP contribution >= 0.6 is 27.3 Å². The van der Waals surface area contributed by atoms with Crippen LogP contribution in [0.15, 0.2) is 33.6 Å². The normalized spacial score (nSPS) is 13.3. The Hall–Kier alpha value is -1.08. The molecule has 0 saturated carbocycles. The van der Waals surface area contributed by atoms with Gasteiger partial charge in [0.2, 0.25) is 0 Å². The topological polar surface area (TPSA) is 24.9 Å². The Morgan fingerprint density at radius 2 is 2.05 bits per heavy atom. The molecule has 2 aromatic rings. The number of halogens is 4. The number of alkyl halides is 3. The SMILES string of the molecule is CC(Nc1cc(Br)cc(C(F)(F)F)c1)c1cscn1. The predicted octanol–water partition coefficient (Wildman–Crippen LogP) is 5.10. The molecule has 2 nitrogen and oxygen atoms in total. The van der Waals surface area contributed by atoms with Crippen LogP contribution in [-0.2, 0) is 6.18 Å². The maximum atomic E-state index is 12.7. The van der Waals surface area contributed by atoms with Crippen molar-refractivity contribution in [1.82, 2.24) is 4.98 Å². The predicted molar refractivity (Wildman–Crippen MR) is 73.3 cm³/mol. The largest absolute Gasteiger partial charge is 0.416 e. The Kier molecular flexibility index (Phi) is 4.15. The zero-order valence-electron chi connectivity index (χ0n) is 9.83. The quantitative estimate of drug-likeness (QED) is 0.833. The molecule has 2 rings (SSSR count). The summed E-state index contributed by atoms with van der Waals surface area (Å²) in [5, 5.41) is 4.87. The Bertz CT molecular complexity index is 555. The third-order valence-electron chi connectivity index (χ3n) is 2.50. The van der Waals surface area contributed by atoms with Gasteiger partial charge >= 0.3 is 6.18 Å². The second-order valence-electron chi connectivity index (χ2n) is 4.01. The van der Waals surface area contributed by atoms with E-state index in [1.807, 2.05) is 12.3 Å². The van der Waals surface area contributed by atoms with Crippen LogP contribution in [0.2, 0.25) is 0 Å². The first kappa shape index (κ1) is 14.3. The fourth-order valence-electron chi connectivity index (χ4n) is 1.60. The molecule has 7 heteroatoms. The van der Waals surface area contributed by atoms with E-state index in [4.69, 9.17) is 0 Å². The number of nitrogens with one attached hydrogen (secondary N) is 1. The van der Waals surface area contributed by atoms with E-state index in [0.29, 0.717) is 10.2 Å². The molecule has 1 aromatic heterocycles. The summed E-state index contributed by atoms with van der Waals surface area (Å²) in [5.74, 6) is 0. The molecule has 0 bridgehead atoms. The van der Waals surface area contributed by atoms with Gasteiger partial charge in [-0.3, -0.25) is 0 Å². The minimum absolute atomic E-state index is 0.151. The molecule has 0 saturated heterocycles. The summed E-state index contributed by atoms with van der Waals surface area (Å²) in [5.41, 5.74) is 2.21. The van der Waals surface area contributed by atoms with Gasteiger partial charge in [-0.25, -0.2) is 4.98 Å². The fraction of sp³-hybridized carbons (Fsp3) is 0.250. The van der Waals surface area contributed by atoms with Gasteiger partial charge in [0.15, 0.2) is 0 Å². The van der Waals surface area contributed by atoms with Crippen LogP contribution in [0.3, 0.4) is 0 Å². The van der Waals surface area contributed by atoms with Gasteiger partial charge in [0.05, 0.1) is 22.8 Å². The Morgan fingerprint density at radius 1 is 1.32 bits per heavy atom. The summed E-state index contributed by atoms with van der Waals surface area (Å²) in [4.78, 5) is 4.13. The van der Waals surface area contributed by atoms with Gasteiger partial charge in [-0.1, -0.05) is 15.9 Å². The first-order valence-electron chi connectivity index (χ1n) is 5.38. The molecule has 1 unspecified atom stereocenters. The molecular weight excluding hydrogens is 341 g/mol. The highest BCUT2D eigenvalue weighted by molar-refractivity contribution is 9.10. The lowest BCUT2D eigenvalue weighted by atomic mass is 10.1. The summed E-state index contributed by atoms with van der Waals surface area (Å²) in [6, 6.07) is 3.60. The number of rotatable bonds is 3. The number of benzene rings is 1. The van der Waals surface area contributed by atoms with Gasteiger partial charge < -0.3 is 5.32 Å². The lowest BCUT2D eigenvalue weighted by Gasteiger charge is -2.15. The van der Waals surface area contributed by atoms with E-state index < -0.39 is 11.7 Å². The number of nitrogens with zero attached hydrogens (tertiary/aromatic N) is 1. The van der Waals surface area contributed by atoms with Gasteiger partial charge in [0.25, 0.3) is 0 Å². The van der Waals surface area contributed by atoms with Crippen LogP contribution in [0.4, 0.5) is 18.9 Å². The Balaban J connectivity index is 2.23. The van der Waals surface area contributed by atoms with E-state index in [1.54, 1.807) is 11.6 Å². The van der Waals surface area contributed by atoms with E-state index in [0.717, 1.165) is 17.8 Å². The maximum absolute atomic E-state index is 12.7. The second kappa shape index (κ2) is 5.50. The van der Waals surface area contributed by atoms with Crippen LogP contribution in [0.1, 0.15) is 24.2 Å². The van der Waals surface area contributed by atoms with Crippen molar-refractivity contribution in [3.05, 3.63) is 44.8 Å². The van der Waals surface area contributed by atoms with Crippen LogP contribution in [0.5, 0.6) is 0 Å². The van der Waals surface area contributed by atoms with Gasteiger partial charge in [-0.15, -0.1) is 11.3 Å². The standard InChI is InChI=1S/C12H10BrF3N2S/c1-7(11-5-19-6-17-11)18-10-3-8(12(14,15)16)2-9(13)4-10/h2-7,18H,1H3. The number of aromatic nitrogens is 1. The van der Waals surface area contributed by atoms with Crippen molar-refractivity contribution in [3.8, 4) is 0 Å². The molecule has 0 fully saturated rings. The van der Waals surface area contributed by atoms with Crippen LogP contribution in [0, 0.1) is 0 Å². The lowest BCUT2D eigenvalue weighted by Crippen LogP contribution is -2.09. The number of anilines is 1. The van der Waals surface area contributed by atoms with Crippen molar-refractivity contribution < 1.29 is 13.2 Å². The molecule has 0 aliphatic carbocycles. The highest BCUT2D eigenvalue weighted by Crippen LogP contribution is 2.34. The highest BCUT2D eigenvalue weighted by atomic mass is 79.9. The zero-order valence-corrected chi connectivity index (χ0v) is 12.2. The third-order valence-corrected chi connectivity index (χ3v) is 3.57. The van der Waals surface area contributed by atoms with Crippen LogP contribution < -0.4 is 5.32 Å². The second-order valence-corrected chi connectivity index (χ2v) is 5.64. The molecule has 0 radical (unpaired) electrons. The summed E-state index contributed by atoms with van der Waals surface area (Å²) in [7, 11) is 0. The minimum Gasteiger partial charge on any atom is -0.377 e. The van der Waals surface area contributed by atoms with Crippen LogP contribution in [0.25, 0.3) is 0 Å². The van der Waals surface area contributed by atoms with Crippen molar-refractivity contribution in [2.75, 3.05) is 5.32 Å². The van der Waals surface area contributed by atoms with Crippen molar-refractivity contribution in [3.63, 3.8) is 0 Å². The average Bonchev–Trinajstić information content (AvgIpc) is 2.80. The zero-order chi connectivity index (χ0) is 14.0. The van der Waals surface area contributed by atoms with Gasteiger partial charge in [0.1, 0.15) is 0 Å². The number of hydrogen-bond acceptors (Lipinski definition) is 3. The molecule has 1 atom stereocenters. The van der Waals surface area contributed by atoms with Gasteiger partial charge in [-0.05, 0) is 25.1 Å². The van der Waals surface area contributed by atoms with E-state index >= 15 is 0 Å². The smallest absolute Gasteiger partial charge is 0.377 e. The van der Waals surface area contributed by atoms with Crippen molar-refractivity contribution >= 4 is 33.0 Å². The molecule has 19 heavy (non-hydrogen) atoms. The molecule has 1 N–H and O–H groups in total. The third kappa shape index (κ3) is 3.70. The number of hydrogen-bond donors (Lipinski definition) is 1. The van der Waals surface area contributed by atoms with Gasteiger partial charge in [-0.2, -0.15) is 13.2 Å². The Labute approximate surface area is 120 Å². The summed E-state index contributed by atoms with van der Waals surface area (Å²) < 4.78 is 38.5. The molecule has 0 aliphatic heterocycles. The first-order valence-corrected chi connectivity index (χ1v) is 7.12. The van der Waals surface area contributed by atoms with Crippen LogP contribution in [-0.4, -0.2) is 4.98 Å². The highest BCUT2D eigenvalue weighted by Gasteiger charge is 2.31. The molecule has 1 aromatic carbocycles. The molecule has 0 amide bonds. The maximum Gasteiger partial charge on any atom is 0.416 e. The summed E-state index contributed by atoms with van der Waals surface area (Å²) in [6.45, 7) is 1.85. The first-order chi connectivity index (χ1) is 8.86. The van der Waals surface area contributed by atoms with Crippen molar-refractivity contribution in [2.24, 2.45) is 0 Å². The minimum atomic E-state index is -4.36. The number of thiazole rings is 1.